The molecule has 0 spiro atoms. The standard InChI is InChI=1S/C14H20N2O4/c1-19-12-4-2-3-11(9-12)16-13(17)15-10-14(18)5-7-20-8-6-14/h2-4,9,18H,5-8,10H2,1H3,(H2,15,16,17). The van der Waals surface area contributed by atoms with E-state index in [2.05, 4.69) is 10.6 Å². The topological polar surface area (TPSA) is 79.8 Å². The van der Waals surface area contributed by atoms with Gasteiger partial charge in [-0.3, -0.25) is 0 Å². The summed E-state index contributed by atoms with van der Waals surface area (Å²) < 4.78 is 10.3. The fourth-order valence-electron chi connectivity index (χ4n) is 2.05. The maximum atomic E-state index is 11.8. The molecular formula is C14H20N2O4. The molecule has 0 radical (unpaired) electrons. The van der Waals surface area contributed by atoms with Crippen molar-refractivity contribution in [2.24, 2.45) is 0 Å². The second kappa shape index (κ2) is 6.58. The summed E-state index contributed by atoms with van der Waals surface area (Å²) in [4.78, 5) is 11.8. The predicted octanol–water partition coefficient (Wildman–Crippen LogP) is 1.36. The van der Waals surface area contributed by atoms with E-state index in [1.807, 2.05) is 0 Å². The van der Waals surface area contributed by atoms with E-state index in [1.54, 1.807) is 31.4 Å². The molecule has 1 fully saturated rings. The lowest BCUT2D eigenvalue weighted by Gasteiger charge is -2.32. The van der Waals surface area contributed by atoms with Gasteiger partial charge in [-0.2, -0.15) is 0 Å². The van der Waals surface area contributed by atoms with Crippen molar-refractivity contribution in [3.05, 3.63) is 24.3 Å². The van der Waals surface area contributed by atoms with Crippen LogP contribution in [0.2, 0.25) is 0 Å². The average Bonchev–Trinajstić information content (AvgIpc) is 2.46. The lowest BCUT2D eigenvalue weighted by atomic mass is 9.94. The van der Waals surface area contributed by atoms with E-state index in [1.165, 1.54) is 0 Å². The molecule has 6 heteroatoms. The molecule has 1 heterocycles. The van der Waals surface area contributed by atoms with Crippen LogP contribution < -0.4 is 15.4 Å². The molecule has 1 aromatic rings. The Morgan fingerprint density at radius 1 is 1.45 bits per heavy atom. The van der Waals surface area contributed by atoms with Crippen LogP contribution in [-0.2, 0) is 4.74 Å². The average molecular weight is 280 g/mol. The smallest absolute Gasteiger partial charge is 0.319 e. The van der Waals surface area contributed by atoms with Crippen LogP contribution in [0.25, 0.3) is 0 Å². The van der Waals surface area contributed by atoms with Gasteiger partial charge in [0.05, 0.1) is 12.7 Å². The zero-order chi connectivity index (χ0) is 14.4. The zero-order valence-electron chi connectivity index (χ0n) is 11.5. The third kappa shape index (κ3) is 4.11. The first-order valence-electron chi connectivity index (χ1n) is 6.60. The van der Waals surface area contributed by atoms with Crippen molar-refractivity contribution in [3.63, 3.8) is 0 Å². The van der Waals surface area contributed by atoms with Crippen molar-refractivity contribution in [1.82, 2.24) is 5.32 Å². The van der Waals surface area contributed by atoms with Crippen molar-refractivity contribution >= 4 is 11.7 Å². The zero-order valence-corrected chi connectivity index (χ0v) is 11.5. The second-order valence-electron chi connectivity index (χ2n) is 4.88. The Kier molecular flexibility index (Phi) is 4.81. The summed E-state index contributed by atoms with van der Waals surface area (Å²) in [5.74, 6) is 0.672. The molecule has 2 amide bonds. The number of ether oxygens (including phenoxy) is 2. The molecule has 1 aliphatic rings. The first-order valence-corrected chi connectivity index (χ1v) is 6.60. The molecule has 1 saturated heterocycles. The predicted molar refractivity (Wildman–Crippen MR) is 75.0 cm³/mol. The first kappa shape index (κ1) is 14.6. The van der Waals surface area contributed by atoms with Gasteiger partial charge in [-0.25, -0.2) is 4.79 Å². The van der Waals surface area contributed by atoms with Gasteiger partial charge in [0.25, 0.3) is 0 Å². The van der Waals surface area contributed by atoms with E-state index >= 15 is 0 Å². The van der Waals surface area contributed by atoms with Crippen LogP contribution in [0.3, 0.4) is 0 Å². The molecular weight excluding hydrogens is 260 g/mol. The summed E-state index contributed by atoms with van der Waals surface area (Å²) in [7, 11) is 1.57. The molecule has 0 atom stereocenters. The summed E-state index contributed by atoms with van der Waals surface area (Å²) in [5, 5.41) is 15.6. The van der Waals surface area contributed by atoms with Crippen LogP contribution in [0.1, 0.15) is 12.8 Å². The second-order valence-corrected chi connectivity index (χ2v) is 4.88. The Labute approximate surface area is 118 Å². The highest BCUT2D eigenvalue weighted by atomic mass is 16.5. The number of benzene rings is 1. The van der Waals surface area contributed by atoms with Crippen LogP contribution in [0.5, 0.6) is 5.75 Å². The molecule has 0 bridgehead atoms. The number of rotatable bonds is 4. The van der Waals surface area contributed by atoms with Gasteiger partial charge in [0.15, 0.2) is 0 Å². The quantitative estimate of drug-likeness (QED) is 0.778. The summed E-state index contributed by atoms with van der Waals surface area (Å²) in [6.07, 6.45) is 1.07. The Balaban J connectivity index is 1.82. The highest BCUT2D eigenvalue weighted by Gasteiger charge is 2.30. The highest BCUT2D eigenvalue weighted by Crippen LogP contribution is 2.19. The number of carbonyl (C=O) groups is 1. The number of aliphatic hydroxyl groups is 1. The van der Waals surface area contributed by atoms with Crippen LogP contribution >= 0.6 is 0 Å². The van der Waals surface area contributed by atoms with Crippen molar-refractivity contribution in [3.8, 4) is 5.75 Å². The van der Waals surface area contributed by atoms with E-state index in [-0.39, 0.29) is 12.6 Å². The van der Waals surface area contributed by atoms with Crippen molar-refractivity contribution in [2.45, 2.75) is 18.4 Å². The van der Waals surface area contributed by atoms with Crippen LogP contribution in [-0.4, -0.2) is 43.6 Å². The van der Waals surface area contributed by atoms with Gasteiger partial charge >= 0.3 is 6.03 Å². The Hall–Kier alpha value is -1.79. The van der Waals surface area contributed by atoms with E-state index in [4.69, 9.17) is 9.47 Å². The molecule has 0 saturated carbocycles. The summed E-state index contributed by atoms with van der Waals surface area (Å²) in [5.41, 5.74) is -0.231. The number of anilines is 1. The number of hydrogen-bond acceptors (Lipinski definition) is 4. The molecule has 20 heavy (non-hydrogen) atoms. The molecule has 0 unspecified atom stereocenters. The number of methoxy groups -OCH3 is 1. The third-order valence-electron chi connectivity index (χ3n) is 3.33. The van der Waals surface area contributed by atoms with E-state index in [9.17, 15) is 9.90 Å². The molecule has 1 aromatic carbocycles. The lowest BCUT2D eigenvalue weighted by Crippen LogP contribution is -2.47. The summed E-state index contributed by atoms with van der Waals surface area (Å²) in [6.45, 7) is 1.26. The van der Waals surface area contributed by atoms with Gasteiger partial charge in [0.2, 0.25) is 0 Å². The molecule has 2 rings (SSSR count). The summed E-state index contributed by atoms with van der Waals surface area (Å²) >= 11 is 0. The number of carbonyl (C=O) groups excluding carboxylic acids is 1. The maximum Gasteiger partial charge on any atom is 0.319 e. The fourth-order valence-corrected chi connectivity index (χ4v) is 2.05. The van der Waals surface area contributed by atoms with Crippen molar-refractivity contribution in [2.75, 3.05) is 32.2 Å². The van der Waals surface area contributed by atoms with E-state index in [0.717, 1.165) is 0 Å². The number of urea groups is 1. The number of nitrogens with one attached hydrogen (secondary N) is 2. The van der Waals surface area contributed by atoms with Gasteiger partial charge in [0, 0.05) is 44.4 Å². The molecule has 110 valence electrons. The largest absolute Gasteiger partial charge is 0.497 e. The normalized spacial score (nSPS) is 17.3. The van der Waals surface area contributed by atoms with Gasteiger partial charge in [0.1, 0.15) is 5.75 Å². The lowest BCUT2D eigenvalue weighted by molar-refractivity contribution is -0.0598. The van der Waals surface area contributed by atoms with Gasteiger partial charge in [-0.05, 0) is 12.1 Å². The third-order valence-corrected chi connectivity index (χ3v) is 3.33. The highest BCUT2D eigenvalue weighted by molar-refractivity contribution is 5.89. The number of amides is 2. The molecule has 6 nitrogen and oxygen atoms in total. The Morgan fingerprint density at radius 3 is 2.90 bits per heavy atom. The molecule has 1 aliphatic heterocycles. The van der Waals surface area contributed by atoms with Crippen LogP contribution in [0, 0.1) is 0 Å². The molecule has 3 N–H and O–H groups in total. The molecule has 0 aromatic heterocycles. The fraction of sp³-hybridized carbons (Fsp3) is 0.500. The monoisotopic (exact) mass is 280 g/mol. The van der Waals surface area contributed by atoms with Gasteiger partial charge in [-0.15, -0.1) is 0 Å². The first-order chi connectivity index (χ1) is 9.61. The minimum Gasteiger partial charge on any atom is -0.497 e. The Morgan fingerprint density at radius 2 is 2.20 bits per heavy atom. The van der Waals surface area contributed by atoms with Gasteiger partial charge in [-0.1, -0.05) is 6.07 Å². The Bertz CT molecular complexity index is 458. The molecule has 0 aliphatic carbocycles. The van der Waals surface area contributed by atoms with Gasteiger partial charge < -0.3 is 25.2 Å². The van der Waals surface area contributed by atoms with E-state index in [0.29, 0.717) is 37.5 Å². The maximum absolute atomic E-state index is 11.8. The van der Waals surface area contributed by atoms with E-state index < -0.39 is 5.60 Å². The summed E-state index contributed by atoms with van der Waals surface area (Å²) in [6, 6.07) is 6.74. The van der Waals surface area contributed by atoms with Crippen molar-refractivity contribution < 1.29 is 19.4 Å². The van der Waals surface area contributed by atoms with Crippen LogP contribution in [0.4, 0.5) is 10.5 Å². The van der Waals surface area contributed by atoms with Crippen LogP contribution in [0.15, 0.2) is 24.3 Å². The minimum atomic E-state index is -0.871. The SMILES string of the molecule is COc1cccc(NC(=O)NCC2(O)CCOCC2)c1. The number of hydrogen-bond donors (Lipinski definition) is 3. The van der Waals surface area contributed by atoms with Crippen molar-refractivity contribution in [1.29, 1.82) is 0 Å². The minimum absolute atomic E-state index is 0.214.